The molecule has 2 aromatic rings. The first kappa shape index (κ1) is 16.7. The van der Waals surface area contributed by atoms with E-state index in [1.807, 2.05) is 30.3 Å². The van der Waals surface area contributed by atoms with Gasteiger partial charge in [-0.3, -0.25) is 0 Å². The Kier molecular flexibility index (Phi) is 5.87. The van der Waals surface area contributed by atoms with Crippen LogP contribution >= 0.6 is 0 Å². The first-order chi connectivity index (χ1) is 11.2. The molecule has 0 saturated heterocycles. The van der Waals surface area contributed by atoms with E-state index in [2.05, 4.69) is 12.1 Å². The molecule has 2 aromatic carbocycles. The molecule has 4 nitrogen and oxygen atoms in total. The maximum absolute atomic E-state index is 9.05. The lowest BCUT2D eigenvalue weighted by Crippen LogP contribution is -2.03. The molecule has 0 unspecified atom stereocenters. The number of nitrogens with zero attached hydrogens (tertiary/aromatic N) is 1. The van der Waals surface area contributed by atoms with E-state index in [9.17, 15) is 0 Å². The molecule has 2 rings (SSSR count). The molecule has 0 atom stereocenters. The highest BCUT2D eigenvalue weighted by Gasteiger charge is 2.15. The molecule has 0 aromatic heterocycles. The maximum Gasteiger partial charge on any atom is 0.164 e. The second-order valence-electron chi connectivity index (χ2n) is 5.13. The van der Waals surface area contributed by atoms with Crippen LogP contribution in [0.25, 0.3) is 0 Å². The van der Waals surface area contributed by atoms with E-state index < -0.39 is 0 Å². The number of hydrogen-bond acceptors (Lipinski definition) is 4. The molecule has 0 fully saturated rings. The standard InChI is InChI=1S/C19H21NO3/c1-21-16-6-4-5-14(13-16)7-9-17-15(11-12-20)8-10-18(22-2)19(17)23-3/h4-6,8,10,13H,7,9,11H2,1-3H3. The van der Waals surface area contributed by atoms with Gasteiger partial charge in [-0.2, -0.15) is 5.26 Å². The monoisotopic (exact) mass is 311 g/mol. The van der Waals surface area contributed by atoms with Gasteiger partial charge in [0.25, 0.3) is 0 Å². The second-order valence-corrected chi connectivity index (χ2v) is 5.13. The third kappa shape index (κ3) is 3.95. The van der Waals surface area contributed by atoms with Gasteiger partial charge in [-0.25, -0.2) is 0 Å². The molecule has 0 bridgehead atoms. The molecule has 0 N–H and O–H groups in total. The number of rotatable bonds is 7. The highest BCUT2D eigenvalue weighted by Crippen LogP contribution is 2.34. The van der Waals surface area contributed by atoms with Gasteiger partial charge in [0, 0.05) is 5.56 Å². The van der Waals surface area contributed by atoms with E-state index in [1.165, 1.54) is 5.56 Å². The van der Waals surface area contributed by atoms with Crippen molar-refractivity contribution in [2.45, 2.75) is 19.3 Å². The molecule has 23 heavy (non-hydrogen) atoms. The molecule has 0 aliphatic carbocycles. The smallest absolute Gasteiger partial charge is 0.164 e. The Morgan fingerprint density at radius 1 is 0.957 bits per heavy atom. The largest absolute Gasteiger partial charge is 0.497 e. The minimum atomic E-state index is 0.355. The summed E-state index contributed by atoms with van der Waals surface area (Å²) in [4.78, 5) is 0. The molecule has 0 saturated carbocycles. The summed E-state index contributed by atoms with van der Waals surface area (Å²) in [6.45, 7) is 0. The van der Waals surface area contributed by atoms with E-state index >= 15 is 0 Å². The number of benzene rings is 2. The van der Waals surface area contributed by atoms with Crippen LogP contribution in [-0.2, 0) is 19.3 Å². The SMILES string of the molecule is COc1cccc(CCc2c(CC#N)ccc(OC)c2OC)c1. The van der Waals surface area contributed by atoms with Crippen molar-refractivity contribution in [3.05, 3.63) is 53.1 Å². The number of aryl methyl sites for hydroxylation is 1. The van der Waals surface area contributed by atoms with Gasteiger partial charge in [0.05, 0.1) is 33.8 Å². The van der Waals surface area contributed by atoms with Crippen LogP contribution in [0.1, 0.15) is 16.7 Å². The average molecular weight is 311 g/mol. The highest BCUT2D eigenvalue weighted by molar-refractivity contribution is 5.52. The van der Waals surface area contributed by atoms with Crippen molar-refractivity contribution in [1.82, 2.24) is 0 Å². The fourth-order valence-electron chi connectivity index (χ4n) is 2.65. The van der Waals surface area contributed by atoms with Crippen molar-refractivity contribution in [1.29, 1.82) is 5.26 Å². The quantitative estimate of drug-likeness (QED) is 0.784. The van der Waals surface area contributed by atoms with Crippen molar-refractivity contribution >= 4 is 0 Å². The third-order valence-electron chi connectivity index (χ3n) is 3.81. The van der Waals surface area contributed by atoms with Crippen LogP contribution in [0.5, 0.6) is 17.2 Å². The normalized spacial score (nSPS) is 10.0. The zero-order valence-corrected chi connectivity index (χ0v) is 13.8. The van der Waals surface area contributed by atoms with Gasteiger partial charge in [0.2, 0.25) is 0 Å². The van der Waals surface area contributed by atoms with E-state index in [0.29, 0.717) is 17.9 Å². The maximum atomic E-state index is 9.05. The predicted molar refractivity (Wildman–Crippen MR) is 89.3 cm³/mol. The van der Waals surface area contributed by atoms with Crippen LogP contribution < -0.4 is 14.2 Å². The molecule has 0 spiro atoms. The fraction of sp³-hybridized carbons (Fsp3) is 0.316. The summed E-state index contributed by atoms with van der Waals surface area (Å²) in [5, 5.41) is 9.05. The molecule has 0 aliphatic rings. The van der Waals surface area contributed by atoms with Crippen molar-refractivity contribution in [3.8, 4) is 23.3 Å². The summed E-state index contributed by atoms with van der Waals surface area (Å²) in [5.41, 5.74) is 3.18. The van der Waals surface area contributed by atoms with Crippen molar-refractivity contribution in [2.24, 2.45) is 0 Å². The van der Waals surface area contributed by atoms with Crippen LogP contribution in [0.4, 0.5) is 0 Å². The molecular weight excluding hydrogens is 290 g/mol. The minimum Gasteiger partial charge on any atom is -0.497 e. The molecule has 120 valence electrons. The van der Waals surface area contributed by atoms with Gasteiger partial charge in [-0.15, -0.1) is 0 Å². The summed E-state index contributed by atoms with van der Waals surface area (Å²) in [6.07, 6.45) is 1.96. The van der Waals surface area contributed by atoms with Crippen LogP contribution in [0.15, 0.2) is 36.4 Å². The number of ether oxygens (including phenoxy) is 3. The summed E-state index contributed by atoms with van der Waals surface area (Å²) >= 11 is 0. The Bertz CT molecular complexity index is 704. The number of hydrogen-bond donors (Lipinski definition) is 0. The molecule has 4 heteroatoms. The zero-order chi connectivity index (χ0) is 16.7. The Balaban J connectivity index is 2.31. The van der Waals surface area contributed by atoms with Crippen LogP contribution in [0, 0.1) is 11.3 Å². The Hall–Kier alpha value is -2.67. The van der Waals surface area contributed by atoms with Gasteiger partial charge in [-0.1, -0.05) is 18.2 Å². The van der Waals surface area contributed by atoms with Crippen LogP contribution in [0.3, 0.4) is 0 Å². The molecular formula is C19H21NO3. The number of nitriles is 1. The van der Waals surface area contributed by atoms with Gasteiger partial charge in [0.1, 0.15) is 5.75 Å². The van der Waals surface area contributed by atoms with Crippen LogP contribution in [-0.4, -0.2) is 21.3 Å². The zero-order valence-electron chi connectivity index (χ0n) is 13.8. The lowest BCUT2D eigenvalue weighted by molar-refractivity contribution is 0.351. The second kappa shape index (κ2) is 8.09. The van der Waals surface area contributed by atoms with Gasteiger partial charge >= 0.3 is 0 Å². The highest BCUT2D eigenvalue weighted by atomic mass is 16.5. The van der Waals surface area contributed by atoms with Crippen molar-refractivity contribution < 1.29 is 14.2 Å². The lowest BCUT2D eigenvalue weighted by Gasteiger charge is -2.16. The van der Waals surface area contributed by atoms with E-state index in [0.717, 1.165) is 29.7 Å². The van der Waals surface area contributed by atoms with Crippen molar-refractivity contribution in [3.63, 3.8) is 0 Å². The minimum absolute atomic E-state index is 0.355. The summed E-state index contributed by atoms with van der Waals surface area (Å²) in [5.74, 6) is 2.25. The van der Waals surface area contributed by atoms with Crippen molar-refractivity contribution in [2.75, 3.05) is 21.3 Å². The van der Waals surface area contributed by atoms with Crippen LogP contribution in [0.2, 0.25) is 0 Å². The molecule has 0 radical (unpaired) electrons. The van der Waals surface area contributed by atoms with E-state index in [1.54, 1.807) is 21.3 Å². The topological polar surface area (TPSA) is 51.5 Å². The first-order valence-electron chi connectivity index (χ1n) is 7.46. The Morgan fingerprint density at radius 2 is 1.78 bits per heavy atom. The summed E-state index contributed by atoms with van der Waals surface area (Å²) in [7, 11) is 4.91. The van der Waals surface area contributed by atoms with E-state index in [-0.39, 0.29) is 0 Å². The van der Waals surface area contributed by atoms with E-state index in [4.69, 9.17) is 19.5 Å². The summed E-state index contributed by atoms with van der Waals surface area (Å²) < 4.78 is 16.2. The first-order valence-corrected chi connectivity index (χ1v) is 7.46. The fourth-order valence-corrected chi connectivity index (χ4v) is 2.65. The molecule has 0 aliphatic heterocycles. The summed E-state index contributed by atoms with van der Waals surface area (Å²) in [6, 6.07) is 14.0. The molecule has 0 heterocycles. The lowest BCUT2D eigenvalue weighted by atomic mass is 9.96. The predicted octanol–water partition coefficient (Wildman–Crippen LogP) is 3.56. The van der Waals surface area contributed by atoms with Gasteiger partial charge in [0.15, 0.2) is 11.5 Å². The third-order valence-corrected chi connectivity index (χ3v) is 3.81. The van der Waals surface area contributed by atoms with Gasteiger partial charge in [-0.05, 0) is 42.2 Å². The molecule has 0 amide bonds. The average Bonchev–Trinajstić information content (AvgIpc) is 2.60. The number of methoxy groups -OCH3 is 3. The van der Waals surface area contributed by atoms with Gasteiger partial charge < -0.3 is 14.2 Å². The Labute approximate surface area is 137 Å². The Morgan fingerprint density at radius 3 is 2.43 bits per heavy atom.